The standard InChI is InChI=1S/C18H17N3O2S/c1-11-12(2)23-18-16(11)17(19-10-20-18)21-15(22)9-6-13-4-7-14(24-3)8-5-13/h4-10H,1-3H3,(H,19,20,21,22)/b9-6+. The lowest BCUT2D eigenvalue weighted by atomic mass is 10.2. The van der Waals surface area contributed by atoms with Gasteiger partial charge in [-0.15, -0.1) is 11.8 Å². The second kappa shape index (κ2) is 6.88. The molecule has 3 rings (SSSR count). The molecule has 24 heavy (non-hydrogen) atoms. The zero-order valence-electron chi connectivity index (χ0n) is 13.7. The van der Waals surface area contributed by atoms with E-state index in [0.29, 0.717) is 11.5 Å². The highest BCUT2D eigenvalue weighted by molar-refractivity contribution is 7.98. The minimum absolute atomic E-state index is 0.248. The van der Waals surface area contributed by atoms with E-state index in [1.807, 2.05) is 44.4 Å². The van der Waals surface area contributed by atoms with Gasteiger partial charge in [0.15, 0.2) is 0 Å². The fourth-order valence-corrected chi connectivity index (χ4v) is 2.73. The molecule has 3 aromatic rings. The summed E-state index contributed by atoms with van der Waals surface area (Å²) in [5.41, 5.74) is 2.37. The lowest BCUT2D eigenvalue weighted by Gasteiger charge is -2.02. The number of carbonyl (C=O) groups excluding carboxylic acids is 1. The topological polar surface area (TPSA) is 68.0 Å². The van der Waals surface area contributed by atoms with Crippen LogP contribution in [-0.4, -0.2) is 22.1 Å². The van der Waals surface area contributed by atoms with Gasteiger partial charge in [-0.1, -0.05) is 12.1 Å². The van der Waals surface area contributed by atoms with E-state index in [9.17, 15) is 4.79 Å². The molecule has 0 spiro atoms. The van der Waals surface area contributed by atoms with Gasteiger partial charge in [0, 0.05) is 16.5 Å². The average Bonchev–Trinajstić information content (AvgIpc) is 2.89. The Labute approximate surface area is 144 Å². The number of aryl methyl sites for hydroxylation is 2. The van der Waals surface area contributed by atoms with Gasteiger partial charge in [0.2, 0.25) is 11.6 Å². The summed E-state index contributed by atoms with van der Waals surface area (Å²) in [6, 6.07) is 7.99. The molecule has 0 fully saturated rings. The van der Waals surface area contributed by atoms with Gasteiger partial charge in [0.1, 0.15) is 17.9 Å². The molecule has 1 aromatic carbocycles. The average molecular weight is 339 g/mol. The Morgan fingerprint density at radius 3 is 2.67 bits per heavy atom. The first-order valence-electron chi connectivity index (χ1n) is 7.42. The maximum Gasteiger partial charge on any atom is 0.249 e. The smallest absolute Gasteiger partial charge is 0.249 e. The second-order valence-electron chi connectivity index (χ2n) is 5.28. The van der Waals surface area contributed by atoms with Gasteiger partial charge < -0.3 is 9.73 Å². The number of furan rings is 1. The van der Waals surface area contributed by atoms with Crippen LogP contribution in [0.5, 0.6) is 0 Å². The Morgan fingerprint density at radius 2 is 1.96 bits per heavy atom. The van der Waals surface area contributed by atoms with Crippen molar-refractivity contribution in [3.05, 3.63) is 53.6 Å². The van der Waals surface area contributed by atoms with Crippen LogP contribution in [0.15, 0.2) is 46.0 Å². The number of fused-ring (bicyclic) bond motifs is 1. The monoisotopic (exact) mass is 339 g/mol. The Kier molecular flexibility index (Phi) is 4.66. The predicted octanol–water partition coefficient (Wildman–Crippen LogP) is 4.21. The second-order valence-corrected chi connectivity index (χ2v) is 6.16. The normalized spacial score (nSPS) is 11.3. The summed E-state index contributed by atoms with van der Waals surface area (Å²) in [6.45, 7) is 3.78. The summed E-state index contributed by atoms with van der Waals surface area (Å²) < 4.78 is 5.55. The van der Waals surface area contributed by atoms with E-state index in [1.54, 1.807) is 17.8 Å². The van der Waals surface area contributed by atoms with Gasteiger partial charge >= 0.3 is 0 Å². The maximum atomic E-state index is 12.2. The quantitative estimate of drug-likeness (QED) is 0.569. The molecule has 0 saturated heterocycles. The number of anilines is 1. The molecule has 1 amide bonds. The van der Waals surface area contributed by atoms with Crippen molar-refractivity contribution in [1.82, 2.24) is 9.97 Å². The molecule has 2 aromatic heterocycles. The van der Waals surface area contributed by atoms with Crippen LogP contribution in [0.3, 0.4) is 0 Å². The van der Waals surface area contributed by atoms with Gasteiger partial charge in [0.05, 0.1) is 5.39 Å². The summed E-state index contributed by atoms with van der Waals surface area (Å²) in [7, 11) is 0. The Morgan fingerprint density at radius 1 is 1.21 bits per heavy atom. The highest BCUT2D eigenvalue weighted by Gasteiger charge is 2.14. The number of thioether (sulfide) groups is 1. The Bertz CT molecular complexity index is 914. The first-order valence-corrected chi connectivity index (χ1v) is 8.65. The minimum Gasteiger partial charge on any atom is -0.443 e. The van der Waals surface area contributed by atoms with E-state index in [4.69, 9.17) is 4.42 Å². The molecule has 1 N–H and O–H groups in total. The zero-order valence-corrected chi connectivity index (χ0v) is 14.5. The molecular weight excluding hydrogens is 322 g/mol. The van der Waals surface area contributed by atoms with Gasteiger partial charge in [-0.05, 0) is 43.9 Å². The van der Waals surface area contributed by atoms with Crippen molar-refractivity contribution in [2.75, 3.05) is 11.6 Å². The van der Waals surface area contributed by atoms with E-state index in [1.165, 1.54) is 17.3 Å². The van der Waals surface area contributed by atoms with Crippen LogP contribution in [-0.2, 0) is 4.79 Å². The lowest BCUT2D eigenvalue weighted by Crippen LogP contribution is -2.09. The summed E-state index contributed by atoms with van der Waals surface area (Å²) >= 11 is 1.68. The molecular formula is C18H17N3O2S. The minimum atomic E-state index is -0.248. The van der Waals surface area contributed by atoms with E-state index >= 15 is 0 Å². The maximum absolute atomic E-state index is 12.2. The van der Waals surface area contributed by atoms with E-state index in [0.717, 1.165) is 22.3 Å². The van der Waals surface area contributed by atoms with Crippen molar-refractivity contribution in [3.63, 3.8) is 0 Å². The van der Waals surface area contributed by atoms with Crippen LogP contribution in [0.2, 0.25) is 0 Å². The van der Waals surface area contributed by atoms with Gasteiger partial charge in [-0.3, -0.25) is 4.79 Å². The molecule has 5 nitrogen and oxygen atoms in total. The highest BCUT2D eigenvalue weighted by atomic mass is 32.2. The third-order valence-corrected chi connectivity index (χ3v) is 4.49. The number of rotatable bonds is 4. The van der Waals surface area contributed by atoms with Crippen molar-refractivity contribution in [2.45, 2.75) is 18.7 Å². The molecule has 0 radical (unpaired) electrons. The fraction of sp³-hybridized carbons (Fsp3) is 0.167. The first-order chi connectivity index (χ1) is 11.6. The SMILES string of the molecule is CSc1ccc(/C=C/C(=O)Nc2ncnc3oc(C)c(C)c23)cc1. The fourth-order valence-electron chi connectivity index (χ4n) is 2.32. The Balaban J connectivity index is 1.78. The lowest BCUT2D eigenvalue weighted by molar-refractivity contribution is -0.111. The summed E-state index contributed by atoms with van der Waals surface area (Å²) in [4.78, 5) is 21.6. The van der Waals surface area contributed by atoms with Gasteiger partial charge in [0.25, 0.3) is 0 Å². The highest BCUT2D eigenvalue weighted by Crippen LogP contribution is 2.27. The number of carbonyl (C=O) groups is 1. The summed E-state index contributed by atoms with van der Waals surface area (Å²) in [5, 5.41) is 3.53. The van der Waals surface area contributed by atoms with Gasteiger partial charge in [-0.25, -0.2) is 9.97 Å². The number of aromatic nitrogens is 2. The third kappa shape index (κ3) is 3.33. The summed E-state index contributed by atoms with van der Waals surface area (Å²) in [5.74, 6) is 0.981. The number of nitrogens with one attached hydrogen (secondary N) is 1. The van der Waals surface area contributed by atoms with Crippen LogP contribution < -0.4 is 5.32 Å². The van der Waals surface area contributed by atoms with Crippen molar-refractivity contribution in [1.29, 1.82) is 0 Å². The molecule has 122 valence electrons. The molecule has 6 heteroatoms. The molecule has 0 aliphatic carbocycles. The molecule has 0 bridgehead atoms. The van der Waals surface area contributed by atoms with Crippen molar-refractivity contribution < 1.29 is 9.21 Å². The number of amides is 1. The number of hydrogen-bond acceptors (Lipinski definition) is 5. The van der Waals surface area contributed by atoms with Crippen LogP contribution in [0.25, 0.3) is 17.2 Å². The molecule has 0 unspecified atom stereocenters. The molecule has 0 atom stereocenters. The van der Waals surface area contributed by atoms with Crippen LogP contribution in [0, 0.1) is 13.8 Å². The molecule has 2 heterocycles. The van der Waals surface area contributed by atoms with Gasteiger partial charge in [-0.2, -0.15) is 0 Å². The largest absolute Gasteiger partial charge is 0.443 e. The van der Waals surface area contributed by atoms with Crippen molar-refractivity contribution in [2.24, 2.45) is 0 Å². The number of hydrogen-bond donors (Lipinski definition) is 1. The number of benzene rings is 1. The predicted molar refractivity (Wildman–Crippen MR) is 97.2 cm³/mol. The van der Waals surface area contributed by atoms with Crippen LogP contribution >= 0.6 is 11.8 Å². The van der Waals surface area contributed by atoms with E-state index in [-0.39, 0.29) is 5.91 Å². The van der Waals surface area contributed by atoms with E-state index < -0.39 is 0 Å². The molecule has 0 aliphatic heterocycles. The molecule has 0 aliphatic rings. The van der Waals surface area contributed by atoms with Crippen LogP contribution in [0.1, 0.15) is 16.9 Å². The number of nitrogens with zero attached hydrogens (tertiary/aromatic N) is 2. The van der Waals surface area contributed by atoms with Crippen molar-refractivity contribution >= 4 is 40.7 Å². The Hall–Kier alpha value is -2.60. The van der Waals surface area contributed by atoms with E-state index in [2.05, 4.69) is 15.3 Å². The first kappa shape index (κ1) is 16.3. The zero-order chi connectivity index (χ0) is 17.1. The van der Waals surface area contributed by atoms with Crippen molar-refractivity contribution in [3.8, 4) is 0 Å². The molecule has 0 saturated carbocycles. The van der Waals surface area contributed by atoms with Crippen LogP contribution in [0.4, 0.5) is 5.82 Å². The third-order valence-electron chi connectivity index (χ3n) is 3.75. The summed E-state index contributed by atoms with van der Waals surface area (Å²) in [6.07, 6.45) is 6.67.